The smallest absolute Gasteiger partial charge is 0.407 e. The number of carboxylic acid groups (broad SMARTS) is 1. The molecule has 2 unspecified atom stereocenters. The lowest BCUT2D eigenvalue weighted by Crippen LogP contribution is -2.39. The van der Waals surface area contributed by atoms with Gasteiger partial charge in [0.05, 0.1) is 18.4 Å². The second-order valence-electron chi connectivity index (χ2n) is 9.29. The van der Waals surface area contributed by atoms with E-state index in [1.165, 1.54) is 7.11 Å². The minimum absolute atomic E-state index is 0.00984. The molecule has 0 heterocycles. The lowest BCUT2D eigenvalue weighted by molar-refractivity contribution is -0.142. The summed E-state index contributed by atoms with van der Waals surface area (Å²) >= 11 is 0. The summed E-state index contributed by atoms with van der Waals surface area (Å²) in [6, 6.07) is 16.2. The van der Waals surface area contributed by atoms with Crippen LogP contribution in [0.5, 0.6) is 0 Å². The Balaban J connectivity index is 1.22. The molecule has 0 radical (unpaired) electrons. The zero-order valence-corrected chi connectivity index (χ0v) is 19.9. The molecule has 3 N–H and O–H groups in total. The number of fused-ring (bicyclic) bond motifs is 3. The summed E-state index contributed by atoms with van der Waals surface area (Å²) in [5.41, 5.74) is 4.58. The van der Waals surface area contributed by atoms with Crippen molar-refractivity contribution in [2.24, 2.45) is 11.8 Å². The molecule has 2 aliphatic carbocycles. The minimum atomic E-state index is -0.891. The lowest BCUT2D eigenvalue weighted by atomic mass is 9.98. The van der Waals surface area contributed by atoms with Crippen molar-refractivity contribution < 1.29 is 29.0 Å². The molecule has 2 aromatic carbocycles. The SMILES string of the molecule is COC(CNC(=O)OCC1c2ccccc2-c2ccccc21)CC(=O)NCC(CC1CC1)C(=O)O. The third kappa shape index (κ3) is 6.39. The van der Waals surface area contributed by atoms with Crippen molar-refractivity contribution in [3.63, 3.8) is 0 Å². The second-order valence-corrected chi connectivity index (χ2v) is 9.29. The quantitative estimate of drug-likeness (QED) is 0.428. The number of carboxylic acids is 1. The highest BCUT2D eigenvalue weighted by Gasteiger charge is 2.30. The average molecular weight is 481 g/mol. The first kappa shape index (κ1) is 24.7. The summed E-state index contributed by atoms with van der Waals surface area (Å²) in [6.07, 6.45) is 1.59. The topological polar surface area (TPSA) is 114 Å². The normalized spacial score (nSPS) is 16.0. The van der Waals surface area contributed by atoms with Crippen LogP contribution < -0.4 is 10.6 Å². The minimum Gasteiger partial charge on any atom is -0.481 e. The van der Waals surface area contributed by atoms with Gasteiger partial charge in [-0.05, 0) is 34.6 Å². The molecule has 4 rings (SSSR count). The fourth-order valence-electron chi connectivity index (χ4n) is 4.63. The van der Waals surface area contributed by atoms with Gasteiger partial charge < -0.3 is 25.2 Å². The van der Waals surface area contributed by atoms with Gasteiger partial charge in [0.1, 0.15) is 6.61 Å². The highest BCUT2D eigenvalue weighted by molar-refractivity contribution is 5.79. The van der Waals surface area contributed by atoms with Crippen LogP contribution in [0.1, 0.15) is 42.7 Å². The van der Waals surface area contributed by atoms with E-state index in [1.807, 2.05) is 24.3 Å². The van der Waals surface area contributed by atoms with Gasteiger partial charge in [-0.15, -0.1) is 0 Å². The van der Waals surface area contributed by atoms with E-state index < -0.39 is 24.1 Å². The third-order valence-electron chi connectivity index (χ3n) is 6.77. The standard InChI is InChI=1S/C27H32N2O6/c1-34-19(13-25(30)28-14-18(26(31)32)12-17-10-11-17)15-29-27(33)35-16-24-22-8-4-2-6-20(22)21-7-3-5-9-23(21)24/h2-9,17-19,24H,10-16H2,1H3,(H,28,30)(H,29,33)(H,31,32). The second kappa shape index (κ2) is 11.4. The van der Waals surface area contributed by atoms with Crippen LogP contribution in [0.3, 0.4) is 0 Å². The Bertz CT molecular complexity index is 1020. The van der Waals surface area contributed by atoms with Gasteiger partial charge in [0.2, 0.25) is 5.91 Å². The van der Waals surface area contributed by atoms with Crippen LogP contribution >= 0.6 is 0 Å². The number of amides is 2. The highest BCUT2D eigenvalue weighted by atomic mass is 16.5. The van der Waals surface area contributed by atoms with Crippen molar-refractivity contribution in [2.45, 2.75) is 37.7 Å². The number of benzene rings is 2. The summed E-state index contributed by atoms with van der Waals surface area (Å²) < 4.78 is 10.8. The zero-order valence-electron chi connectivity index (χ0n) is 19.9. The van der Waals surface area contributed by atoms with Crippen LogP contribution in [0.15, 0.2) is 48.5 Å². The molecule has 2 atom stereocenters. The van der Waals surface area contributed by atoms with Crippen LogP contribution in [0.4, 0.5) is 4.79 Å². The van der Waals surface area contributed by atoms with Gasteiger partial charge in [-0.3, -0.25) is 9.59 Å². The monoisotopic (exact) mass is 480 g/mol. The highest BCUT2D eigenvalue weighted by Crippen LogP contribution is 2.44. The number of hydrogen-bond acceptors (Lipinski definition) is 5. The van der Waals surface area contributed by atoms with E-state index >= 15 is 0 Å². The Morgan fingerprint density at radius 2 is 1.60 bits per heavy atom. The molecule has 0 aliphatic heterocycles. The number of hydrogen-bond donors (Lipinski definition) is 3. The molecule has 8 heteroatoms. The van der Waals surface area contributed by atoms with Crippen molar-refractivity contribution in [1.82, 2.24) is 10.6 Å². The molecule has 0 bridgehead atoms. The maximum atomic E-state index is 12.4. The van der Waals surface area contributed by atoms with Gasteiger partial charge in [-0.25, -0.2) is 4.79 Å². The predicted octanol–water partition coefficient (Wildman–Crippen LogP) is 3.55. The zero-order chi connectivity index (χ0) is 24.8. The Morgan fingerprint density at radius 1 is 0.971 bits per heavy atom. The number of ether oxygens (including phenoxy) is 2. The van der Waals surface area contributed by atoms with Crippen LogP contribution in [0.25, 0.3) is 11.1 Å². The summed E-state index contributed by atoms with van der Waals surface area (Å²) in [7, 11) is 1.46. The van der Waals surface area contributed by atoms with Crippen LogP contribution in [0, 0.1) is 11.8 Å². The summed E-state index contributed by atoms with van der Waals surface area (Å²) in [5, 5.41) is 14.7. The molecule has 1 saturated carbocycles. The molecular weight excluding hydrogens is 448 g/mol. The van der Waals surface area contributed by atoms with Crippen LogP contribution in [-0.2, 0) is 19.1 Å². The van der Waals surface area contributed by atoms with E-state index in [-0.39, 0.29) is 37.9 Å². The van der Waals surface area contributed by atoms with Gasteiger partial charge >= 0.3 is 12.1 Å². The molecule has 186 valence electrons. The molecule has 35 heavy (non-hydrogen) atoms. The third-order valence-corrected chi connectivity index (χ3v) is 6.77. The van der Waals surface area contributed by atoms with E-state index in [0.29, 0.717) is 12.3 Å². The van der Waals surface area contributed by atoms with E-state index in [1.54, 1.807) is 0 Å². The van der Waals surface area contributed by atoms with E-state index in [0.717, 1.165) is 35.1 Å². The average Bonchev–Trinajstić information content (AvgIpc) is 3.63. The Labute approximate surface area is 205 Å². The van der Waals surface area contributed by atoms with Crippen molar-refractivity contribution in [2.75, 3.05) is 26.8 Å². The van der Waals surface area contributed by atoms with Gasteiger partial charge in [0.25, 0.3) is 0 Å². The number of carbonyl (C=O) groups is 3. The molecule has 0 saturated heterocycles. The Hall–Kier alpha value is -3.39. The summed E-state index contributed by atoms with van der Waals surface area (Å²) in [4.78, 5) is 36.1. The summed E-state index contributed by atoms with van der Waals surface area (Å²) in [5.74, 6) is -1.35. The molecule has 2 aliphatic rings. The van der Waals surface area contributed by atoms with Crippen molar-refractivity contribution in [3.8, 4) is 11.1 Å². The largest absolute Gasteiger partial charge is 0.481 e. The number of nitrogens with one attached hydrogen (secondary N) is 2. The van der Waals surface area contributed by atoms with E-state index in [9.17, 15) is 19.5 Å². The molecule has 0 aromatic heterocycles. The Morgan fingerprint density at radius 3 is 2.17 bits per heavy atom. The Kier molecular flexibility index (Phi) is 8.02. The maximum Gasteiger partial charge on any atom is 0.407 e. The predicted molar refractivity (Wildman–Crippen MR) is 130 cm³/mol. The molecule has 2 amide bonds. The molecule has 2 aromatic rings. The van der Waals surface area contributed by atoms with Crippen molar-refractivity contribution in [3.05, 3.63) is 59.7 Å². The lowest BCUT2D eigenvalue weighted by Gasteiger charge is -2.18. The van der Waals surface area contributed by atoms with Crippen molar-refractivity contribution >= 4 is 18.0 Å². The van der Waals surface area contributed by atoms with Gasteiger partial charge in [-0.1, -0.05) is 61.4 Å². The first-order valence-corrected chi connectivity index (χ1v) is 12.1. The van der Waals surface area contributed by atoms with E-state index in [2.05, 4.69) is 34.9 Å². The molecular formula is C27H32N2O6. The maximum absolute atomic E-state index is 12.4. The number of alkyl carbamates (subject to hydrolysis) is 1. The number of methoxy groups -OCH3 is 1. The van der Waals surface area contributed by atoms with Gasteiger partial charge in [-0.2, -0.15) is 0 Å². The van der Waals surface area contributed by atoms with Gasteiger partial charge in [0, 0.05) is 26.1 Å². The summed E-state index contributed by atoms with van der Waals surface area (Å²) in [6.45, 7) is 0.404. The van der Waals surface area contributed by atoms with Crippen LogP contribution in [-0.4, -0.2) is 56.0 Å². The van der Waals surface area contributed by atoms with Gasteiger partial charge in [0.15, 0.2) is 0 Å². The number of rotatable bonds is 12. The molecule has 1 fully saturated rings. The van der Waals surface area contributed by atoms with E-state index in [4.69, 9.17) is 9.47 Å². The first-order chi connectivity index (χ1) is 17.0. The van der Waals surface area contributed by atoms with Crippen LogP contribution in [0.2, 0.25) is 0 Å². The van der Waals surface area contributed by atoms with Crippen molar-refractivity contribution in [1.29, 1.82) is 0 Å². The fraction of sp³-hybridized carbons (Fsp3) is 0.444. The number of aliphatic carboxylic acids is 1. The molecule has 8 nitrogen and oxygen atoms in total. The number of carbonyl (C=O) groups excluding carboxylic acids is 2. The molecule has 0 spiro atoms. The first-order valence-electron chi connectivity index (χ1n) is 12.1. The fourth-order valence-corrected chi connectivity index (χ4v) is 4.63.